The summed E-state index contributed by atoms with van der Waals surface area (Å²) in [6, 6.07) is -0.406. The summed E-state index contributed by atoms with van der Waals surface area (Å²) in [5.74, 6) is -0.475. The van der Waals surface area contributed by atoms with Crippen LogP contribution in [-0.4, -0.2) is 64.8 Å². The monoisotopic (exact) mass is 326 g/mol. The molecule has 1 unspecified atom stereocenters. The number of aliphatic carboxylic acids is 1. The Morgan fingerprint density at radius 1 is 1.04 bits per heavy atom. The summed E-state index contributed by atoms with van der Waals surface area (Å²) in [6.45, 7) is 7.83. The van der Waals surface area contributed by atoms with Crippen LogP contribution >= 0.6 is 0 Å². The zero-order valence-electron chi connectivity index (χ0n) is 14.6. The van der Waals surface area contributed by atoms with Crippen molar-refractivity contribution in [1.29, 1.82) is 0 Å². The van der Waals surface area contributed by atoms with Gasteiger partial charge in [0.1, 0.15) is 11.6 Å². The summed E-state index contributed by atoms with van der Waals surface area (Å²) in [6.07, 6.45) is 5.18. The predicted octanol–water partition coefficient (Wildman–Crippen LogP) is 2.57. The smallest absolute Gasteiger partial charge is 0.410 e. The largest absolute Gasteiger partial charge is 0.480 e. The van der Waals surface area contributed by atoms with Crippen molar-refractivity contribution < 1.29 is 19.4 Å². The van der Waals surface area contributed by atoms with Crippen molar-refractivity contribution in [1.82, 2.24) is 9.80 Å². The first-order chi connectivity index (χ1) is 10.8. The number of hydrogen-bond donors (Lipinski definition) is 1. The topological polar surface area (TPSA) is 70.1 Å². The fourth-order valence-electron chi connectivity index (χ4n) is 3.62. The molecule has 1 amide bonds. The maximum absolute atomic E-state index is 12.1. The fraction of sp³-hybridized carbons (Fsp3) is 0.882. The quantitative estimate of drug-likeness (QED) is 0.863. The summed E-state index contributed by atoms with van der Waals surface area (Å²) in [4.78, 5) is 27.6. The molecule has 2 fully saturated rings. The van der Waals surface area contributed by atoms with E-state index in [9.17, 15) is 14.7 Å². The van der Waals surface area contributed by atoms with Gasteiger partial charge in [0.15, 0.2) is 0 Å². The van der Waals surface area contributed by atoms with Crippen LogP contribution in [-0.2, 0) is 9.53 Å². The van der Waals surface area contributed by atoms with E-state index in [0.29, 0.717) is 26.2 Å². The molecule has 2 aliphatic rings. The number of carboxylic acid groups (broad SMARTS) is 1. The normalized spacial score (nSPS) is 22.7. The van der Waals surface area contributed by atoms with Crippen LogP contribution < -0.4 is 0 Å². The minimum atomic E-state index is -0.720. The average Bonchev–Trinajstić information content (AvgIpc) is 2.47. The van der Waals surface area contributed by atoms with Crippen molar-refractivity contribution >= 4 is 12.1 Å². The number of amides is 1. The van der Waals surface area contributed by atoms with Gasteiger partial charge in [-0.05, 0) is 39.5 Å². The van der Waals surface area contributed by atoms with E-state index in [1.165, 1.54) is 6.42 Å². The Balaban J connectivity index is 1.91. The van der Waals surface area contributed by atoms with E-state index in [2.05, 4.69) is 0 Å². The Kier molecular flexibility index (Phi) is 5.89. The maximum Gasteiger partial charge on any atom is 0.410 e. The SMILES string of the molecule is CC(C)(C)OC(=O)N1CCN(C(C(=O)O)C2CCCCC2)CC1. The third-order valence-electron chi connectivity index (χ3n) is 4.71. The van der Waals surface area contributed by atoms with Crippen molar-refractivity contribution in [2.45, 2.75) is 64.5 Å². The van der Waals surface area contributed by atoms with Crippen molar-refractivity contribution in [3.63, 3.8) is 0 Å². The van der Waals surface area contributed by atoms with Crippen LogP contribution in [0.1, 0.15) is 52.9 Å². The molecule has 1 aliphatic carbocycles. The highest BCUT2D eigenvalue weighted by molar-refractivity contribution is 5.74. The van der Waals surface area contributed by atoms with E-state index in [4.69, 9.17) is 4.74 Å². The lowest BCUT2D eigenvalue weighted by molar-refractivity contribution is -0.147. The lowest BCUT2D eigenvalue weighted by atomic mass is 9.83. The number of carbonyl (C=O) groups excluding carboxylic acids is 1. The number of ether oxygens (including phenoxy) is 1. The number of carbonyl (C=O) groups is 2. The molecule has 1 heterocycles. The van der Waals surface area contributed by atoms with Crippen LogP contribution in [0.3, 0.4) is 0 Å². The molecule has 1 saturated carbocycles. The molecule has 132 valence electrons. The Bertz CT molecular complexity index is 419. The maximum atomic E-state index is 12.1. The van der Waals surface area contributed by atoms with Gasteiger partial charge in [0.2, 0.25) is 0 Å². The van der Waals surface area contributed by atoms with Crippen LogP contribution in [0, 0.1) is 5.92 Å². The molecule has 6 nitrogen and oxygen atoms in total. The standard InChI is InChI=1S/C17H30N2O4/c1-17(2,3)23-16(22)19-11-9-18(10-12-19)14(15(20)21)13-7-5-4-6-8-13/h13-14H,4-12H2,1-3H3,(H,20,21). The van der Waals surface area contributed by atoms with E-state index in [0.717, 1.165) is 25.7 Å². The van der Waals surface area contributed by atoms with Crippen LogP contribution in [0.25, 0.3) is 0 Å². The summed E-state index contributed by atoms with van der Waals surface area (Å²) < 4.78 is 5.39. The molecule has 0 aromatic carbocycles. The van der Waals surface area contributed by atoms with Gasteiger partial charge in [0.25, 0.3) is 0 Å². The summed E-state index contributed by atoms with van der Waals surface area (Å²) in [5, 5.41) is 9.66. The van der Waals surface area contributed by atoms with Gasteiger partial charge in [-0.2, -0.15) is 0 Å². The third-order valence-corrected chi connectivity index (χ3v) is 4.71. The molecule has 1 N–H and O–H groups in total. The van der Waals surface area contributed by atoms with Crippen molar-refractivity contribution in [3.05, 3.63) is 0 Å². The Hall–Kier alpha value is -1.30. The van der Waals surface area contributed by atoms with Gasteiger partial charge < -0.3 is 14.7 Å². The second-order valence-corrected chi connectivity index (χ2v) is 7.68. The van der Waals surface area contributed by atoms with E-state index in [1.54, 1.807) is 4.90 Å². The number of carboxylic acids is 1. The van der Waals surface area contributed by atoms with E-state index >= 15 is 0 Å². The van der Waals surface area contributed by atoms with Crippen LogP contribution in [0.2, 0.25) is 0 Å². The minimum absolute atomic E-state index is 0.245. The van der Waals surface area contributed by atoms with Crippen LogP contribution in [0.5, 0.6) is 0 Å². The molecule has 6 heteroatoms. The molecule has 23 heavy (non-hydrogen) atoms. The lowest BCUT2D eigenvalue weighted by Gasteiger charge is -2.41. The molecule has 0 spiro atoms. The number of nitrogens with zero attached hydrogens (tertiary/aromatic N) is 2. The molecule has 1 saturated heterocycles. The molecule has 0 aromatic heterocycles. The van der Waals surface area contributed by atoms with Gasteiger partial charge in [-0.3, -0.25) is 9.69 Å². The molecule has 1 atom stereocenters. The Morgan fingerprint density at radius 2 is 1.61 bits per heavy atom. The lowest BCUT2D eigenvalue weighted by Crippen LogP contribution is -2.56. The van der Waals surface area contributed by atoms with E-state index in [-0.39, 0.29) is 12.0 Å². The highest BCUT2D eigenvalue weighted by Gasteiger charge is 2.37. The van der Waals surface area contributed by atoms with E-state index in [1.807, 2.05) is 25.7 Å². The Morgan fingerprint density at radius 3 is 2.09 bits per heavy atom. The second-order valence-electron chi connectivity index (χ2n) is 7.68. The highest BCUT2D eigenvalue weighted by Crippen LogP contribution is 2.30. The van der Waals surface area contributed by atoms with Gasteiger partial charge in [-0.1, -0.05) is 19.3 Å². The molecule has 0 aromatic rings. The van der Waals surface area contributed by atoms with Gasteiger partial charge >= 0.3 is 12.1 Å². The van der Waals surface area contributed by atoms with Crippen molar-refractivity contribution in [2.75, 3.05) is 26.2 Å². The molecule has 0 bridgehead atoms. The summed E-state index contributed by atoms with van der Waals surface area (Å²) in [7, 11) is 0. The molecular weight excluding hydrogens is 296 g/mol. The third kappa shape index (κ3) is 5.09. The average molecular weight is 326 g/mol. The first kappa shape index (κ1) is 18.0. The van der Waals surface area contributed by atoms with Gasteiger partial charge in [-0.15, -0.1) is 0 Å². The van der Waals surface area contributed by atoms with Crippen molar-refractivity contribution in [3.8, 4) is 0 Å². The first-order valence-corrected chi connectivity index (χ1v) is 8.73. The highest BCUT2D eigenvalue weighted by atomic mass is 16.6. The zero-order valence-corrected chi connectivity index (χ0v) is 14.6. The number of rotatable bonds is 3. The van der Waals surface area contributed by atoms with Crippen LogP contribution in [0.15, 0.2) is 0 Å². The Labute approximate surface area is 138 Å². The van der Waals surface area contributed by atoms with Crippen molar-refractivity contribution in [2.24, 2.45) is 5.92 Å². The van der Waals surface area contributed by atoms with Crippen LogP contribution in [0.4, 0.5) is 4.79 Å². The zero-order chi connectivity index (χ0) is 17.0. The molecule has 0 radical (unpaired) electrons. The van der Waals surface area contributed by atoms with Gasteiger partial charge in [-0.25, -0.2) is 4.79 Å². The first-order valence-electron chi connectivity index (χ1n) is 8.73. The number of hydrogen-bond acceptors (Lipinski definition) is 4. The number of piperazine rings is 1. The second kappa shape index (κ2) is 7.51. The minimum Gasteiger partial charge on any atom is -0.480 e. The predicted molar refractivity (Wildman–Crippen MR) is 87.4 cm³/mol. The molecule has 1 aliphatic heterocycles. The molecular formula is C17H30N2O4. The van der Waals surface area contributed by atoms with Gasteiger partial charge in [0, 0.05) is 26.2 Å². The van der Waals surface area contributed by atoms with Gasteiger partial charge in [0.05, 0.1) is 0 Å². The van der Waals surface area contributed by atoms with E-state index < -0.39 is 17.6 Å². The summed E-state index contributed by atoms with van der Waals surface area (Å²) >= 11 is 0. The fourth-order valence-corrected chi connectivity index (χ4v) is 3.62. The molecule has 2 rings (SSSR count). The summed E-state index contributed by atoms with van der Waals surface area (Å²) in [5.41, 5.74) is -0.500.